The third kappa shape index (κ3) is 3.45. The lowest BCUT2D eigenvalue weighted by atomic mass is 10.0. The first-order valence-corrected chi connectivity index (χ1v) is 6.51. The lowest BCUT2D eigenvalue weighted by Crippen LogP contribution is -2.40. The maximum atomic E-state index is 11.6. The molecule has 1 heterocycles. The van der Waals surface area contributed by atoms with Crippen LogP contribution in [0.5, 0.6) is 0 Å². The van der Waals surface area contributed by atoms with Crippen molar-refractivity contribution in [1.82, 2.24) is 5.32 Å². The van der Waals surface area contributed by atoms with Crippen LogP contribution in [0.4, 0.5) is 5.69 Å². The molecule has 108 valence electrons. The Morgan fingerprint density at radius 2 is 1.86 bits per heavy atom. The number of ketones is 1. The van der Waals surface area contributed by atoms with E-state index in [4.69, 9.17) is 0 Å². The highest BCUT2D eigenvalue weighted by molar-refractivity contribution is 6.30. The second-order valence-corrected chi connectivity index (χ2v) is 4.87. The third-order valence-electron chi connectivity index (χ3n) is 3.08. The highest BCUT2D eigenvalue weighted by atomic mass is 16.2. The van der Waals surface area contributed by atoms with Crippen LogP contribution in [0.2, 0.25) is 0 Å². The molecule has 0 radical (unpaired) electrons. The van der Waals surface area contributed by atoms with Crippen LogP contribution in [-0.2, 0) is 14.4 Å². The quantitative estimate of drug-likeness (QED) is 0.393. The minimum atomic E-state index is -0.637. The van der Waals surface area contributed by atoms with Gasteiger partial charge in [0, 0.05) is 19.8 Å². The minimum Gasteiger partial charge on any atom is -0.377 e. The number of nitrogens with zero attached hydrogens (tertiary/aromatic N) is 1. The van der Waals surface area contributed by atoms with Crippen molar-refractivity contribution < 1.29 is 14.4 Å². The number of hydrogen-bond donors (Lipinski definition) is 1. The summed E-state index contributed by atoms with van der Waals surface area (Å²) in [7, 11) is 3.88. The molecule has 1 N–H and O–H groups in total. The molecule has 2 amide bonds. The largest absolute Gasteiger partial charge is 0.377 e. The summed E-state index contributed by atoms with van der Waals surface area (Å²) in [5, 5.41) is 2.13. The number of imide groups is 1. The summed E-state index contributed by atoms with van der Waals surface area (Å²) in [5.41, 5.74) is 2.01. The Balaban J connectivity index is 2.22. The molecule has 0 spiro atoms. The summed E-state index contributed by atoms with van der Waals surface area (Å²) in [6.07, 6.45) is 4.63. The van der Waals surface area contributed by atoms with Crippen molar-refractivity contribution in [3.8, 4) is 0 Å². The van der Waals surface area contributed by atoms with E-state index in [0.29, 0.717) is 0 Å². The van der Waals surface area contributed by atoms with E-state index >= 15 is 0 Å². The number of allylic oxidation sites excluding steroid dienone is 2. The Morgan fingerprint density at radius 1 is 1.14 bits per heavy atom. The Labute approximate surface area is 122 Å². The average Bonchev–Trinajstić information content (AvgIpc) is 2.42. The molecule has 0 aromatic heterocycles. The predicted molar refractivity (Wildman–Crippen MR) is 80.7 cm³/mol. The molecule has 1 fully saturated rings. The minimum absolute atomic E-state index is 0.00758. The van der Waals surface area contributed by atoms with Crippen molar-refractivity contribution in [2.24, 2.45) is 0 Å². The summed E-state index contributed by atoms with van der Waals surface area (Å²) in [6.45, 7) is 0. The van der Waals surface area contributed by atoms with Gasteiger partial charge in [0.25, 0.3) is 5.91 Å². The van der Waals surface area contributed by atoms with Crippen LogP contribution < -0.4 is 10.2 Å². The summed E-state index contributed by atoms with van der Waals surface area (Å²) < 4.78 is 0. The molecule has 0 unspecified atom stereocenters. The maximum Gasteiger partial charge on any atom is 0.261 e. The zero-order valence-corrected chi connectivity index (χ0v) is 11.9. The molecule has 5 nitrogen and oxygen atoms in total. The van der Waals surface area contributed by atoms with Gasteiger partial charge in [-0.05, 0) is 17.7 Å². The zero-order valence-electron chi connectivity index (χ0n) is 11.9. The number of carbonyl (C=O) groups excluding carboxylic acids is 3. The van der Waals surface area contributed by atoms with Gasteiger partial charge in [-0.1, -0.05) is 30.4 Å². The smallest absolute Gasteiger partial charge is 0.261 e. The lowest BCUT2D eigenvalue weighted by Gasteiger charge is -2.15. The van der Waals surface area contributed by atoms with Crippen LogP contribution in [0.3, 0.4) is 0 Å². The number of nitrogens with one attached hydrogen (secondary N) is 1. The number of anilines is 1. The molecule has 1 aliphatic rings. The number of benzene rings is 1. The molecule has 0 aliphatic carbocycles. The van der Waals surface area contributed by atoms with Gasteiger partial charge in [0.1, 0.15) is 0 Å². The Hall–Kier alpha value is -2.69. The summed E-state index contributed by atoms with van der Waals surface area (Å²) in [6, 6.07) is 7.77. The molecule has 0 atom stereocenters. The van der Waals surface area contributed by atoms with Gasteiger partial charge in [0.05, 0.1) is 12.0 Å². The van der Waals surface area contributed by atoms with E-state index in [-0.39, 0.29) is 12.0 Å². The molecule has 1 aliphatic heterocycles. The standard InChI is InChI=1S/C16H16N2O3/c1-18(2)13-9-4-3-6-11(13)7-5-8-12-14(19)10-15(20)17-16(12)21/h3-9H,10H2,1-2H3,(H,17,20,21)/b7-5+,12-8+. The monoisotopic (exact) mass is 284 g/mol. The second kappa shape index (κ2) is 6.17. The molecule has 5 heteroatoms. The van der Waals surface area contributed by atoms with Gasteiger partial charge in [-0.3, -0.25) is 19.7 Å². The molecule has 1 saturated heterocycles. The maximum absolute atomic E-state index is 11.6. The van der Waals surface area contributed by atoms with E-state index in [1.165, 1.54) is 6.08 Å². The fourth-order valence-corrected chi connectivity index (χ4v) is 2.06. The summed E-state index contributed by atoms with van der Waals surface area (Å²) in [4.78, 5) is 36.2. The summed E-state index contributed by atoms with van der Waals surface area (Å²) >= 11 is 0. The van der Waals surface area contributed by atoms with E-state index in [1.54, 1.807) is 6.08 Å². The Bertz CT molecular complexity index is 635. The van der Waals surface area contributed by atoms with E-state index < -0.39 is 17.6 Å². The van der Waals surface area contributed by atoms with E-state index in [2.05, 4.69) is 5.32 Å². The molecular formula is C16H16N2O3. The highest BCUT2D eigenvalue weighted by Crippen LogP contribution is 2.19. The molecule has 21 heavy (non-hydrogen) atoms. The van der Waals surface area contributed by atoms with Crippen molar-refractivity contribution in [3.63, 3.8) is 0 Å². The first-order chi connectivity index (χ1) is 9.99. The molecule has 0 saturated carbocycles. The lowest BCUT2D eigenvalue weighted by molar-refractivity contribution is -0.134. The predicted octanol–water partition coefficient (Wildman–Crippen LogP) is 1.31. The zero-order chi connectivity index (χ0) is 15.4. The van der Waals surface area contributed by atoms with Crippen LogP contribution in [-0.4, -0.2) is 31.7 Å². The number of Topliss-reactive ketones (excluding diaryl/α,β-unsaturated/α-hetero) is 1. The van der Waals surface area contributed by atoms with Crippen molar-refractivity contribution in [1.29, 1.82) is 0 Å². The van der Waals surface area contributed by atoms with Crippen molar-refractivity contribution in [2.45, 2.75) is 6.42 Å². The van der Waals surface area contributed by atoms with Gasteiger partial charge in [-0.15, -0.1) is 0 Å². The van der Waals surface area contributed by atoms with Crippen LogP contribution in [0.1, 0.15) is 12.0 Å². The molecule has 0 bridgehead atoms. The molecular weight excluding hydrogens is 268 g/mol. The Kier molecular flexibility index (Phi) is 4.33. The molecule has 1 aromatic carbocycles. The first-order valence-electron chi connectivity index (χ1n) is 6.51. The molecule has 1 aromatic rings. The number of hydrogen-bond acceptors (Lipinski definition) is 4. The fraction of sp³-hybridized carbons (Fsp3) is 0.188. The number of rotatable bonds is 3. The number of amides is 2. The van der Waals surface area contributed by atoms with E-state index in [9.17, 15) is 14.4 Å². The third-order valence-corrected chi connectivity index (χ3v) is 3.08. The first kappa shape index (κ1) is 14.7. The van der Waals surface area contributed by atoms with Gasteiger partial charge in [-0.25, -0.2) is 0 Å². The van der Waals surface area contributed by atoms with Crippen molar-refractivity contribution >= 4 is 29.4 Å². The average molecular weight is 284 g/mol. The van der Waals surface area contributed by atoms with Crippen LogP contribution in [0.15, 0.2) is 42.0 Å². The van der Waals surface area contributed by atoms with Gasteiger partial charge in [-0.2, -0.15) is 0 Å². The number of carbonyl (C=O) groups is 3. The Morgan fingerprint density at radius 3 is 2.52 bits per heavy atom. The second-order valence-electron chi connectivity index (χ2n) is 4.87. The normalized spacial score (nSPS) is 17.4. The SMILES string of the molecule is CN(C)c1ccccc1/C=C/C=C1\C(=O)CC(=O)NC1=O. The fourth-order valence-electron chi connectivity index (χ4n) is 2.06. The van der Waals surface area contributed by atoms with Crippen LogP contribution >= 0.6 is 0 Å². The van der Waals surface area contributed by atoms with Crippen LogP contribution in [0.25, 0.3) is 6.08 Å². The van der Waals surface area contributed by atoms with Crippen molar-refractivity contribution in [2.75, 3.05) is 19.0 Å². The van der Waals surface area contributed by atoms with E-state index in [1.807, 2.05) is 49.3 Å². The molecule has 2 rings (SSSR count). The topological polar surface area (TPSA) is 66.5 Å². The highest BCUT2D eigenvalue weighted by Gasteiger charge is 2.27. The van der Waals surface area contributed by atoms with Crippen LogP contribution in [0, 0.1) is 0 Å². The number of para-hydroxylation sites is 1. The van der Waals surface area contributed by atoms with Gasteiger partial charge in [0.15, 0.2) is 5.78 Å². The van der Waals surface area contributed by atoms with Gasteiger partial charge in [0.2, 0.25) is 5.91 Å². The van der Waals surface area contributed by atoms with Gasteiger partial charge < -0.3 is 4.90 Å². The van der Waals surface area contributed by atoms with Crippen molar-refractivity contribution in [3.05, 3.63) is 47.6 Å². The van der Waals surface area contributed by atoms with E-state index in [0.717, 1.165) is 11.3 Å². The van der Waals surface area contributed by atoms with Gasteiger partial charge >= 0.3 is 0 Å². The summed E-state index contributed by atoms with van der Waals surface area (Å²) in [5.74, 6) is -1.64. The number of piperidine rings is 1.